The Bertz CT molecular complexity index is 879. The highest BCUT2D eigenvalue weighted by Gasteiger charge is 2.48. The van der Waals surface area contributed by atoms with Crippen molar-refractivity contribution in [3.05, 3.63) is 29.3 Å². The molecule has 1 saturated heterocycles. The van der Waals surface area contributed by atoms with Crippen molar-refractivity contribution in [3.8, 4) is 0 Å². The van der Waals surface area contributed by atoms with Crippen LogP contribution in [0, 0.1) is 0 Å². The molecule has 3 rings (SSSR count). The van der Waals surface area contributed by atoms with Crippen molar-refractivity contribution in [2.24, 2.45) is 0 Å². The normalized spacial score (nSPS) is 20.5. The van der Waals surface area contributed by atoms with Gasteiger partial charge in [0.15, 0.2) is 0 Å². The van der Waals surface area contributed by atoms with Gasteiger partial charge in [-0.3, -0.25) is 14.5 Å². The van der Waals surface area contributed by atoms with Gasteiger partial charge in [0.25, 0.3) is 5.91 Å². The van der Waals surface area contributed by atoms with Crippen molar-refractivity contribution < 1.29 is 14.4 Å². The van der Waals surface area contributed by atoms with Crippen LogP contribution >= 0.6 is 11.3 Å². The zero-order valence-corrected chi connectivity index (χ0v) is 17.5. The minimum absolute atomic E-state index is 0.253. The van der Waals surface area contributed by atoms with E-state index in [1.165, 1.54) is 11.3 Å². The molecule has 0 radical (unpaired) electrons. The third-order valence-electron chi connectivity index (χ3n) is 5.31. The van der Waals surface area contributed by atoms with Gasteiger partial charge in [0.2, 0.25) is 5.91 Å². The van der Waals surface area contributed by atoms with Crippen LogP contribution in [0.3, 0.4) is 0 Å². The van der Waals surface area contributed by atoms with Crippen LogP contribution in [-0.4, -0.2) is 51.8 Å². The number of unbranched alkanes of at least 4 members (excludes halogenated alkanes) is 1. The molecule has 2 atom stereocenters. The number of hydrogen-bond acceptors (Lipinski definition) is 5. The van der Waals surface area contributed by atoms with E-state index in [9.17, 15) is 14.4 Å². The molecule has 1 aromatic carbocycles. The average Bonchev–Trinajstić information content (AvgIpc) is 3.20. The maximum absolute atomic E-state index is 12.8. The number of urea groups is 1. The lowest BCUT2D eigenvalue weighted by atomic mass is 9.95. The highest BCUT2D eigenvalue weighted by molar-refractivity contribution is 7.18. The lowest BCUT2D eigenvalue weighted by Gasteiger charge is -2.25. The summed E-state index contributed by atoms with van der Waals surface area (Å²) in [6, 6.07) is 7.06. The summed E-state index contributed by atoms with van der Waals surface area (Å²) in [5.41, 5.74) is -0.0269. The maximum Gasteiger partial charge on any atom is 0.325 e. The average molecular weight is 403 g/mol. The van der Waals surface area contributed by atoms with Crippen LogP contribution < -0.4 is 5.32 Å². The summed E-state index contributed by atoms with van der Waals surface area (Å²) >= 11 is 1.54. The van der Waals surface area contributed by atoms with Crippen LogP contribution in [0.5, 0.6) is 0 Å². The number of nitrogens with one attached hydrogen (secondary N) is 1. The Morgan fingerprint density at radius 3 is 2.75 bits per heavy atom. The number of rotatable bonds is 7. The van der Waals surface area contributed by atoms with Gasteiger partial charge in [-0.05, 0) is 32.4 Å². The molecule has 0 saturated carbocycles. The zero-order valence-electron chi connectivity index (χ0n) is 16.7. The summed E-state index contributed by atoms with van der Waals surface area (Å²) in [5, 5.41) is 3.57. The fraction of sp³-hybridized carbons (Fsp3) is 0.500. The van der Waals surface area contributed by atoms with E-state index >= 15 is 0 Å². The van der Waals surface area contributed by atoms with Crippen LogP contribution in [0.25, 0.3) is 10.2 Å². The topological polar surface area (TPSA) is 82.6 Å². The predicted molar refractivity (Wildman–Crippen MR) is 109 cm³/mol. The van der Waals surface area contributed by atoms with E-state index < -0.39 is 11.6 Å². The number of thiazole rings is 1. The Labute approximate surface area is 168 Å². The van der Waals surface area contributed by atoms with Crippen molar-refractivity contribution in [2.75, 3.05) is 13.6 Å². The quantitative estimate of drug-likeness (QED) is 0.720. The maximum atomic E-state index is 12.8. The second-order valence-electron chi connectivity index (χ2n) is 7.46. The Kier molecular flexibility index (Phi) is 5.69. The summed E-state index contributed by atoms with van der Waals surface area (Å²) in [5.74, 6) is -0.629. The summed E-state index contributed by atoms with van der Waals surface area (Å²) < 4.78 is 1.06. The monoisotopic (exact) mass is 402 g/mol. The SMILES string of the molecule is CCCC[C@@]1(C)NC(=O)N(CC(=O)N(C)[C@H](C)c2nc3ccccc3s2)C1=O. The Balaban J connectivity index is 1.69. The fourth-order valence-corrected chi connectivity index (χ4v) is 4.35. The second-order valence-corrected chi connectivity index (χ2v) is 8.52. The molecule has 0 bridgehead atoms. The van der Waals surface area contributed by atoms with Crippen LogP contribution in [0.2, 0.25) is 0 Å². The molecule has 2 heterocycles. The Morgan fingerprint density at radius 2 is 2.07 bits per heavy atom. The molecule has 150 valence electrons. The molecule has 1 fully saturated rings. The van der Waals surface area contributed by atoms with Crippen LogP contribution in [0.1, 0.15) is 51.1 Å². The van der Waals surface area contributed by atoms with Crippen LogP contribution in [0.4, 0.5) is 4.79 Å². The lowest BCUT2D eigenvalue weighted by molar-refractivity contribution is -0.139. The van der Waals surface area contributed by atoms with Crippen LogP contribution in [0.15, 0.2) is 24.3 Å². The number of fused-ring (bicyclic) bond motifs is 1. The van der Waals surface area contributed by atoms with E-state index in [-0.39, 0.29) is 24.4 Å². The van der Waals surface area contributed by atoms with Gasteiger partial charge in [0, 0.05) is 7.05 Å². The number of carbonyl (C=O) groups excluding carboxylic acids is 3. The minimum atomic E-state index is -0.926. The van der Waals surface area contributed by atoms with Gasteiger partial charge in [0.1, 0.15) is 17.1 Å². The van der Waals surface area contributed by atoms with E-state index in [2.05, 4.69) is 10.3 Å². The molecule has 8 heteroatoms. The van der Waals surface area contributed by atoms with E-state index in [4.69, 9.17) is 0 Å². The zero-order chi connectivity index (χ0) is 20.5. The predicted octanol–water partition coefficient (Wildman–Crippen LogP) is 3.32. The smallest absolute Gasteiger partial charge is 0.325 e. The Hall–Kier alpha value is -2.48. The van der Waals surface area contributed by atoms with Crippen molar-refractivity contribution in [3.63, 3.8) is 0 Å². The summed E-state index contributed by atoms with van der Waals surface area (Å²) in [6.45, 7) is 5.39. The molecule has 1 aliphatic rings. The third-order valence-corrected chi connectivity index (χ3v) is 6.52. The molecule has 4 amide bonds. The molecule has 0 aliphatic carbocycles. The number of amides is 4. The minimum Gasteiger partial charge on any atom is -0.335 e. The molecule has 0 spiro atoms. The van der Waals surface area contributed by atoms with E-state index in [1.807, 2.05) is 38.1 Å². The van der Waals surface area contributed by atoms with Gasteiger partial charge in [-0.1, -0.05) is 31.9 Å². The number of imide groups is 1. The first-order valence-electron chi connectivity index (χ1n) is 9.52. The molecule has 1 aromatic heterocycles. The van der Waals surface area contributed by atoms with Crippen molar-refractivity contribution in [2.45, 2.75) is 51.6 Å². The lowest BCUT2D eigenvalue weighted by Crippen LogP contribution is -2.45. The molecule has 28 heavy (non-hydrogen) atoms. The molecule has 0 unspecified atom stereocenters. The fourth-order valence-electron chi connectivity index (χ4n) is 3.29. The summed E-state index contributed by atoms with van der Waals surface area (Å²) in [7, 11) is 1.67. The molecule has 2 aromatic rings. The Morgan fingerprint density at radius 1 is 1.36 bits per heavy atom. The third kappa shape index (κ3) is 3.73. The number of likely N-dealkylation sites (N-methyl/N-ethyl adjacent to an activating group) is 1. The number of hydrogen-bond donors (Lipinski definition) is 1. The van der Waals surface area contributed by atoms with Gasteiger partial charge in [0.05, 0.1) is 16.3 Å². The van der Waals surface area contributed by atoms with Gasteiger partial charge >= 0.3 is 6.03 Å². The first kappa shape index (κ1) is 20.3. The number of benzene rings is 1. The summed E-state index contributed by atoms with van der Waals surface area (Å²) in [6.07, 6.45) is 2.33. The van der Waals surface area contributed by atoms with Gasteiger partial charge in [-0.25, -0.2) is 9.78 Å². The number of nitrogens with zero attached hydrogens (tertiary/aromatic N) is 3. The van der Waals surface area contributed by atoms with Crippen molar-refractivity contribution >= 4 is 39.4 Å². The first-order valence-corrected chi connectivity index (χ1v) is 10.3. The van der Waals surface area contributed by atoms with Crippen molar-refractivity contribution in [1.82, 2.24) is 20.1 Å². The van der Waals surface area contributed by atoms with Gasteiger partial charge < -0.3 is 10.2 Å². The largest absolute Gasteiger partial charge is 0.335 e. The van der Waals surface area contributed by atoms with E-state index in [0.29, 0.717) is 6.42 Å². The van der Waals surface area contributed by atoms with Gasteiger partial charge in [-0.2, -0.15) is 0 Å². The van der Waals surface area contributed by atoms with Crippen molar-refractivity contribution in [1.29, 1.82) is 0 Å². The molecule has 7 nitrogen and oxygen atoms in total. The molecule has 1 N–H and O–H groups in total. The first-order chi connectivity index (χ1) is 13.3. The second kappa shape index (κ2) is 7.87. The number of aromatic nitrogens is 1. The molecular weight excluding hydrogens is 376 g/mol. The van der Waals surface area contributed by atoms with E-state index in [0.717, 1.165) is 33.0 Å². The van der Waals surface area contributed by atoms with Gasteiger partial charge in [-0.15, -0.1) is 11.3 Å². The number of para-hydroxylation sites is 1. The molecular formula is C20H26N4O3S. The standard InChI is InChI=1S/C20H26N4O3S/c1-5-6-11-20(3)18(26)24(19(27)22-20)12-16(25)23(4)13(2)17-21-14-9-7-8-10-15(14)28-17/h7-10,13H,5-6,11-12H2,1-4H3,(H,22,27)/t13-,20-/m1/s1. The van der Waals surface area contributed by atoms with E-state index in [1.54, 1.807) is 18.9 Å². The van der Waals surface area contributed by atoms with Crippen LogP contribution in [-0.2, 0) is 9.59 Å². The highest BCUT2D eigenvalue weighted by atomic mass is 32.1. The highest BCUT2D eigenvalue weighted by Crippen LogP contribution is 2.29. The number of carbonyl (C=O) groups is 3. The molecule has 1 aliphatic heterocycles. The summed E-state index contributed by atoms with van der Waals surface area (Å²) in [4.78, 5) is 45.0.